The van der Waals surface area contributed by atoms with Gasteiger partial charge in [-0.25, -0.2) is 9.37 Å². The van der Waals surface area contributed by atoms with E-state index >= 15 is 0 Å². The fraction of sp³-hybridized carbons (Fsp3) is 0.474. The average Bonchev–Trinajstić information content (AvgIpc) is 3.28. The van der Waals surface area contributed by atoms with Gasteiger partial charge in [-0.15, -0.1) is 0 Å². The molecule has 1 aromatic heterocycles. The molecule has 3 heterocycles. The predicted molar refractivity (Wildman–Crippen MR) is 97.0 cm³/mol. The number of imidazole rings is 1. The van der Waals surface area contributed by atoms with E-state index in [0.717, 1.165) is 12.1 Å². The number of amides is 1. The molecule has 8 heteroatoms. The third-order valence-corrected chi connectivity index (χ3v) is 5.07. The molecule has 2 saturated heterocycles. The molecule has 0 aliphatic carbocycles. The number of hydrogen-bond acceptors (Lipinski definition) is 5. The molecule has 0 radical (unpaired) electrons. The topological polar surface area (TPSA) is 79.5 Å². The van der Waals surface area contributed by atoms with Crippen molar-refractivity contribution in [1.29, 1.82) is 0 Å². The van der Waals surface area contributed by atoms with Crippen LogP contribution in [0.25, 0.3) is 0 Å². The molecule has 4 rings (SSSR count). The molecule has 2 unspecified atom stereocenters. The second-order valence-electron chi connectivity index (χ2n) is 7.20. The highest BCUT2D eigenvalue weighted by Gasteiger charge is 2.44. The summed E-state index contributed by atoms with van der Waals surface area (Å²) in [5, 5.41) is 3.27. The third kappa shape index (κ3) is 4.12. The fourth-order valence-corrected chi connectivity index (χ4v) is 3.76. The molecule has 0 bridgehead atoms. The fourth-order valence-electron chi connectivity index (χ4n) is 3.76. The molecule has 27 heavy (non-hydrogen) atoms. The van der Waals surface area contributed by atoms with Crippen LogP contribution in [0.15, 0.2) is 36.8 Å². The van der Waals surface area contributed by atoms with Crippen molar-refractivity contribution in [2.45, 2.75) is 12.0 Å². The molecule has 1 amide bonds. The first-order chi connectivity index (χ1) is 13.1. The summed E-state index contributed by atoms with van der Waals surface area (Å²) in [4.78, 5) is 21.2. The quantitative estimate of drug-likeness (QED) is 0.855. The summed E-state index contributed by atoms with van der Waals surface area (Å²) in [6, 6.07) is 6.43. The van der Waals surface area contributed by atoms with E-state index in [0.29, 0.717) is 45.1 Å². The smallest absolute Gasteiger partial charge is 0.272 e. The molecule has 2 aliphatic rings. The molecule has 0 saturated carbocycles. The molecule has 2 N–H and O–H groups in total. The zero-order valence-electron chi connectivity index (χ0n) is 15.0. The number of carbonyl (C=O) groups excluding carboxylic acids is 1. The molecule has 1 spiro atoms. The van der Waals surface area contributed by atoms with Crippen molar-refractivity contribution >= 4 is 11.6 Å². The Hall–Kier alpha value is -2.45. The lowest BCUT2D eigenvalue weighted by Crippen LogP contribution is -2.46. The number of benzene rings is 1. The summed E-state index contributed by atoms with van der Waals surface area (Å²) in [5.41, 5.74) is 0.721. The van der Waals surface area contributed by atoms with E-state index in [9.17, 15) is 9.18 Å². The zero-order chi connectivity index (χ0) is 18.7. The number of nitrogens with zero attached hydrogens (tertiary/aromatic N) is 2. The lowest BCUT2D eigenvalue weighted by molar-refractivity contribution is -0.0538. The third-order valence-electron chi connectivity index (χ3n) is 5.07. The Bertz CT molecular complexity index is 785. The van der Waals surface area contributed by atoms with E-state index in [4.69, 9.17) is 9.47 Å². The summed E-state index contributed by atoms with van der Waals surface area (Å²) in [6.07, 6.45) is 3.81. The lowest BCUT2D eigenvalue weighted by atomic mass is 9.94. The van der Waals surface area contributed by atoms with Gasteiger partial charge in [0.15, 0.2) is 0 Å². The normalized spacial score (nSPS) is 25.5. The maximum atomic E-state index is 13.3. The van der Waals surface area contributed by atoms with Crippen LogP contribution in [-0.2, 0) is 9.47 Å². The van der Waals surface area contributed by atoms with E-state index in [1.165, 1.54) is 24.7 Å². The summed E-state index contributed by atoms with van der Waals surface area (Å²) < 4.78 is 25.2. The number of hydrogen-bond donors (Lipinski definition) is 2. The summed E-state index contributed by atoms with van der Waals surface area (Å²) in [6.45, 7) is 3.22. The van der Waals surface area contributed by atoms with Gasteiger partial charge in [0.05, 0.1) is 38.9 Å². The van der Waals surface area contributed by atoms with Crippen LogP contribution in [-0.4, -0.2) is 65.8 Å². The van der Waals surface area contributed by atoms with Crippen LogP contribution in [0.4, 0.5) is 10.1 Å². The molecule has 144 valence electrons. The highest BCUT2D eigenvalue weighted by molar-refractivity contribution is 5.92. The molecule has 2 aliphatic heterocycles. The van der Waals surface area contributed by atoms with Gasteiger partial charge in [-0.3, -0.25) is 4.79 Å². The van der Waals surface area contributed by atoms with Crippen LogP contribution >= 0.6 is 0 Å². The molecular weight excluding hydrogens is 351 g/mol. The number of halogens is 1. The standard InChI is InChI=1S/C19H23FN4O3/c20-15-2-1-3-16(6-15)22-8-14-7-19(27-10-14)11-24(4-5-26-12-19)18(25)17-9-21-13-23-17/h1-3,6,9,13-14,22H,4-5,7-8,10-12H2,(H,21,23). The van der Waals surface area contributed by atoms with Crippen LogP contribution < -0.4 is 5.32 Å². The molecule has 7 nitrogen and oxygen atoms in total. The summed E-state index contributed by atoms with van der Waals surface area (Å²) >= 11 is 0. The van der Waals surface area contributed by atoms with Crippen molar-refractivity contribution in [2.24, 2.45) is 5.92 Å². The first-order valence-corrected chi connectivity index (χ1v) is 9.12. The number of rotatable bonds is 4. The SMILES string of the molecule is O=C(c1cnc[nH]1)N1CCOCC2(CC(CNc3cccc(F)c3)CO2)C1. The number of H-pyrrole nitrogens is 1. The van der Waals surface area contributed by atoms with Crippen LogP contribution in [0, 0.1) is 11.7 Å². The van der Waals surface area contributed by atoms with Crippen molar-refractivity contribution in [3.63, 3.8) is 0 Å². The van der Waals surface area contributed by atoms with Crippen molar-refractivity contribution in [3.8, 4) is 0 Å². The maximum Gasteiger partial charge on any atom is 0.272 e. The average molecular weight is 374 g/mol. The Kier molecular flexibility index (Phi) is 5.09. The van der Waals surface area contributed by atoms with Gasteiger partial charge >= 0.3 is 0 Å². The van der Waals surface area contributed by atoms with Crippen LogP contribution in [0.5, 0.6) is 0 Å². The molecule has 2 aromatic rings. The number of aromatic nitrogens is 2. The summed E-state index contributed by atoms with van der Waals surface area (Å²) in [5.74, 6) is -0.0920. The Balaban J connectivity index is 1.38. The minimum Gasteiger partial charge on any atom is -0.385 e. The van der Waals surface area contributed by atoms with Gasteiger partial charge in [-0.2, -0.15) is 0 Å². The van der Waals surface area contributed by atoms with Crippen molar-refractivity contribution in [1.82, 2.24) is 14.9 Å². The van der Waals surface area contributed by atoms with Gasteiger partial charge in [0.25, 0.3) is 5.91 Å². The van der Waals surface area contributed by atoms with Gasteiger partial charge in [0, 0.05) is 24.7 Å². The van der Waals surface area contributed by atoms with Crippen molar-refractivity contribution in [2.75, 3.05) is 44.8 Å². The minimum atomic E-state index is -0.500. The lowest BCUT2D eigenvalue weighted by Gasteiger charge is -2.31. The maximum absolute atomic E-state index is 13.3. The summed E-state index contributed by atoms with van der Waals surface area (Å²) in [7, 11) is 0. The number of aromatic amines is 1. The molecular formula is C19H23FN4O3. The van der Waals surface area contributed by atoms with Gasteiger partial charge in [-0.1, -0.05) is 6.07 Å². The second-order valence-corrected chi connectivity index (χ2v) is 7.20. The minimum absolute atomic E-state index is 0.0951. The number of nitrogens with one attached hydrogen (secondary N) is 2. The molecule has 2 fully saturated rings. The van der Waals surface area contributed by atoms with Crippen LogP contribution in [0.1, 0.15) is 16.9 Å². The Morgan fingerprint density at radius 2 is 2.41 bits per heavy atom. The monoisotopic (exact) mass is 374 g/mol. The molecule has 2 atom stereocenters. The van der Waals surface area contributed by atoms with Gasteiger partial charge in [-0.05, 0) is 24.6 Å². The van der Waals surface area contributed by atoms with Crippen LogP contribution in [0.2, 0.25) is 0 Å². The van der Waals surface area contributed by atoms with Crippen molar-refractivity contribution in [3.05, 3.63) is 48.3 Å². The second kappa shape index (κ2) is 7.66. The zero-order valence-corrected chi connectivity index (χ0v) is 15.0. The van der Waals surface area contributed by atoms with E-state index in [-0.39, 0.29) is 17.6 Å². The van der Waals surface area contributed by atoms with E-state index in [1.54, 1.807) is 11.0 Å². The highest BCUT2D eigenvalue weighted by atomic mass is 19.1. The highest BCUT2D eigenvalue weighted by Crippen LogP contribution is 2.33. The first kappa shape index (κ1) is 17.9. The number of carbonyl (C=O) groups is 1. The largest absolute Gasteiger partial charge is 0.385 e. The predicted octanol–water partition coefficient (Wildman–Crippen LogP) is 1.91. The van der Waals surface area contributed by atoms with Crippen molar-refractivity contribution < 1.29 is 18.7 Å². The number of anilines is 1. The first-order valence-electron chi connectivity index (χ1n) is 9.12. The van der Waals surface area contributed by atoms with Crippen LogP contribution in [0.3, 0.4) is 0 Å². The Morgan fingerprint density at radius 3 is 3.22 bits per heavy atom. The van der Waals surface area contributed by atoms with Gasteiger partial charge < -0.3 is 24.7 Å². The number of ether oxygens (including phenoxy) is 2. The Labute approximate surface area is 156 Å². The van der Waals surface area contributed by atoms with E-state index < -0.39 is 5.60 Å². The molecule has 1 aromatic carbocycles. The van der Waals surface area contributed by atoms with Gasteiger partial charge in [0.2, 0.25) is 0 Å². The van der Waals surface area contributed by atoms with E-state index in [2.05, 4.69) is 15.3 Å². The Morgan fingerprint density at radius 1 is 1.48 bits per heavy atom. The van der Waals surface area contributed by atoms with E-state index in [1.807, 2.05) is 6.07 Å². The van der Waals surface area contributed by atoms with Gasteiger partial charge in [0.1, 0.15) is 17.1 Å².